The lowest BCUT2D eigenvalue weighted by Gasteiger charge is -2.05. The molecule has 1 amide bonds. The molecule has 0 spiro atoms. The zero-order chi connectivity index (χ0) is 21.8. The average molecular weight is 430 g/mol. The summed E-state index contributed by atoms with van der Waals surface area (Å²) in [7, 11) is 0. The van der Waals surface area contributed by atoms with Gasteiger partial charge in [0, 0.05) is 34.2 Å². The van der Waals surface area contributed by atoms with Crippen molar-refractivity contribution in [1.82, 2.24) is 9.99 Å². The van der Waals surface area contributed by atoms with Crippen LogP contribution in [0.5, 0.6) is 0 Å². The monoisotopic (exact) mass is 429 g/mol. The van der Waals surface area contributed by atoms with Gasteiger partial charge >= 0.3 is 0 Å². The van der Waals surface area contributed by atoms with Crippen LogP contribution in [0.4, 0.5) is 0 Å². The molecule has 1 N–H and O–H groups in total. The second kappa shape index (κ2) is 9.19. The van der Waals surface area contributed by atoms with Crippen LogP contribution in [0, 0.1) is 13.8 Å². The van der Waals surface area contributed by atoms with E-state index in [0.717, 1.165) is 39.2 Å². The predicted octanol–water partition coefficient (Wildman–Crippen LogP) is 5.65. The molecule has 0 saturated heterocycles. The van der Waals surface area contributed by atoms with Crippen LogP contribution in [0.2, 0.25) is 5.02 Å². The Morgan fingerprint density at radius 3 is 2.52 bits per heavy atom. The van der Waals surface area contributed by atoms with Crippen LogP contribution >= 0.6 is 11.6 Å². The van der Waals surface area contributed by atoms with Crippen LogP contribution in [0.25, 0.3) is 10.9 Å². The Morgan fingerprint density at radius 1 is 1.00 bits per heavy atom. The lowest BCUT2D eigenvalue weighted by molar-refractivity contribution is -0.120. The maximum absolute atomic E-state index is 12.3. The third kappa shape index (κ3) is 5.04. The Morgan fingerprint density at radius 2 is 1.74 bits per heavy atom. The molecular weight excluding hydrogens is 406 g/mol. The first kappa shape index (κ1) is 20.9. The van der Waals surface area contributed by atoms with Crippen molar-refractivity contribution in [2.45, 2.75) is 26.8 Å². The number of para-hydroxylation sites is 1. The number of halogens is 1. The molecule has 4 nitrogen and oxygen atoms in total. The van der Waals surface area contributed by atoms with Gasteiger partial charge in [0.15, 0.2) is 0 Å². The molecule has 1 aromatic heterocycles. The van der Waals surface area contributed by atoms with E-state index in [1.54, 1.807) is 6.21 Å². The molecule has 0 radical (unpaired) electrons. The Hall–Kier alpha value is -3.37. The Kier molecular flexibility index (Phi) is 6.19. The highest BCUT2D eigenvalue weighted by Crippen LogP contribution is 2.22. The molecule has 0 atom stereocenters. The fraction of sp³-hybridized carbons (Fsp3) is 0.154. The zero-order valence-corrected chi connectivity index (χ0v) is 18.4. The first-order chi connectivity index (χ1) is 15.0. The van der Waals surface area contributed by atoms with Crippen LogP contribution in [0.15, 0.2) is 78.0 Å². The third-order valence-electron chi connectivity index (χ3n) is 5.41. The number of aryl methyl sites for hydroxylation is 2. The van der Waals surface area contributed by atoms with Crippen LogP contribution in [-0.4, -0.2) is 16.7 Å². The maximum Gasteiger partial charge on any atom is 0.244 e. The van der Waals surface area contributed by atoms with E-state index in [1.165, 1.54) is 11.1 Å². The summed E-state index contributed by atoms with van der Waals surface area (Å²) in [6, 6.07) is 22.1. The molecule has 156 valence electrons. The number of aromatic nitrogens is 1. The summed E-state index contributed by atoms with van der Waals surface area (Å²) in [5, 5.41) is 6.02. The highest BCUT2D eigenvalue weighted by Gasteiger charge is 2.08. The van der Waals surface area contributed by atoms with Gasteiger partial charge in [-0.15, -0.1) is 0 Å². The van der Waals surface area contributed by atoms with E-state index >= 15 is 0 Å². The summed E-state index contributed by atoms with van der Waals surface area (Å²) in [6.45, 7) is 4.84. The van der Waals surface area contributed by atoms with Crippen molar-refractivity contribution in [3.8, 4) is 0 Å². The molecule has 0 aliphatic rings. The second-order valence-electron chi connectivity index (χ2n) is 7.74. The number of nitrogens with zero attached hydrogens (tertiary/aromatic N) is 2. The van der Waals surface area contributed by atoms with E-state index in [-0.39, 0.29) is 5.91 Å². The highest BCUT2D eigenvalue weighted by molar-refractivity contribution is 6.30. The number of carbonyl (C=O) groups is 1. The topological polar surface area (TPSA) is 46.4 Å². The van der Waals surface area contributed by atoms with E-state index in [9.17, 15) is 4.79 Å². The Labute approximate surface area is 187 Å². The van der Waals surface area contributed by atoms with Crippen molar-refractivity contribution >= 4 is 34.6 Å². The zero-order valence-electron chi connectivity index (χ0n) is 17.6. The molecule has 1 heterocycles. The van der Waals surface area contributed by atoms with Gasteiger partial charge < -0.3 is 4.57 Å². The summed E-state index contributed by atoms with van der Waals surface area (Å²) in [5.41, 5.74) is 9.26. The summed E-state index contributed by atoms with van der Waals surface area (Å²) >= 11 is 6.00. The van der Waals surface area contributed by atoms with Crippen molar-refractivity contribution in [1.29, 1.82) is 0 Å². The number of fused-ring (bicyclic) bond motifs is 1. The number of benzene rings is 3. The van der Waals surface area contributed by atoms with Gasteiger partial charge in [0.1, 0.15) is 0 Å². The Balaban J connectivity index is 1.48. The lowest BCUT2D eigenvalue weighted by atomic mass is 10.0. The summed E-state index contributed by atoms with van der Waals surface area (Å²) in [6.07, 6.45) is 4.06. The Bertz CT molecular complexity index is 1260. The average Bonchev–Trinajstić information content (AvgIpc) is 3.10. The number of hydrogen-bond donors (Lipinski definition) is 1. The van der Waals surface area contributed by atoms with Crippen LogP contribution < -0.4 is 5.43 Å². The quantitative estimate of drug-likeness (QED) is 0.312. The number of hydrazone groups is 1. The van der Waals surface area contributed by atoms with Gasteiger partial charge in [0.05, 0.1) is 12.6 Å². The van der Waals surface area contributed by atoms with Gasteiger partial charge in [-0.1, -0.05) is 60.1 Å². The number of rotatable bonds is 6. The number of carbonyl (C=O) groups excluding carboxylic acids is 1. The molecule has 0 aliphatic carbocycles. The van der Waals surface area contributed by atoms with Gasteiger partial charge in [-0.25, -0.2) is 5.43 Å². The van der Waals surface area contributed by atoms with E-state index < -0.39 is 0 Å². The second-order valence-corrected chi connectivity index (χ2v) is 8.18. The smallest absolute Gasteiger partial charge is 0.244 e. The summed E-state index contributed by atoms with van der Waals surface area (Å²) in [4.78, 5) is 12.3. The molecule has 0 saturated carbocycles. The van der Waals surface area contributed by atoms with Crippen molar-refractivity contribution in [3.63, 3.8) is 0 Å². The van der Waals surface area contributed by atoms with Crippen LogP contribution in [0.1, 0.15) is 27.8 Å². The largest absolute Gasteiger partial charge is 0.342 e. The maximum atomic E-state index is 12.3. The van der Waals surface area contributed by atoms with Crippen LogP contribution in [-0.2, 0) is 17.8 Å². The van der Waals surface area contributed by atoms with Gasteiger partial charge in [-0.05, 0) is 54.3 Å². The number of amides is 1. The normalized spacial score (nSPS) is 11.3. The molecule has 31 heavy (non-hydrogen) atoms. The van der Waals surface area contributed by atoms with Gasteiger partial charge in [-0.3, -0.25) is 4.79 Å². The molecule has 4 aromatic rings. The van der Waals surface area contributed by atoms with Gasteiger partial charge in [-0.2, -0.15) is 5.10 Å². The molecule has 3 aromatic carbocycles. The van der Waals surface area contributed by atoms with Crippen molar-refractivity contribution < 1.29 is 4.79 Å². The van der Waals surface area contributed by atoms with Crippen molar-refractivity contribution in [3.05, 3.63) is 106 Å². The van der Waals surface area contributed by atoms with E-state index in [4.69, 9.17) is 11.6 Å². The highest BCUT2D eigenvalue weighted by atomic mass is 35.5. The predicted molar refractivity (Wildman–Crippen MR) is 128 cm³/mol. The van der Waals surface area contributed by atoms with Crippen LogP contribution in [0.3, 0.4) is 0 Å². The van der Waals surface area contributed by atoms with Crippen molar-refractivity contribution in [2.75, 3.05) is 0 Å². The molecule has 4 rings (SSSR count). The third-order valence-corrected chi connectivity index (χ3v) is 5.67. The molecular formula is C26H24ClN3O. The SMILES string of the molecule is Cc1ccc(CC(=O)N/N=C\c2cn(Cc3ccc(Cl)cc3)c3ccccc23)cc1C. The molecule has 0 unspecified atom stereocenters. The first-order valence-electron chi connectivity index (χ1n) is 10.2. The minimum atomic E-state index is -0.135. The van der Waals surface area contributed by atoms with Gasteiger partial charge in [0.2, 0.25) is 5.91 Å². The molecule has 5 heteroatoms. The van der Waals surface area contributed by atoms with E-state index in [1.807, 2.05) is 54.6 Å². The fourth-order valence-corrected chi connectivity index (χ4v) is 3.73. The molecule has 0 aliphatic heterocycles. The number of hydrogen-bond acceptors (Lipinski definition) is 2. The minimum absolute atomic E-state index is 0.135. The first-order valence-corrected chi connectivity index (χ1v) is 10.6. The summed E-state index contributed by atoms with van der Waals surface area (Å²) < 4.78 is 2.18. The minimum Gasteiger partial charge on any atom is -0.342 e. The molecule has 0 bridgehead atoms. The summed E-state index contributed by atoms with van der Waals surface area (Å²) in [5.74, 6) is -0.135. The number of nitrogens with one attached hydrogen (secondary N) is 1. The van der Waals surface area contributed by atoms with Gasteiger partial charge in [0.25, 0.3) is 0 Å². The standard InChI is InChI=1S/C26H24ClN3O/c1-18-7-8-21(13-19(18)2)14-26(31)29-28-15-22-17-30(25-6-4-3-5-24(22)25)16-20-9-11-23(27)12-10-20/h3-13,15,17H,14,16H2,1-2H3,(H,29,31)/b28-15-. The van der Waals surface area contributed by atoms with Crippen molar-refractivity contribution in [2.24, 2.45) is 5.10 Å². The van der Waals surface area contributed by atoms with E-state index in [0.29, 0.717) is 6.42 Å². The lowest BCUT2D eigenvalue weighted by Crippen LogP contribution is -2.19. The van der Waals surface area contributed by atoms with E-state index in [2.05, 4.69) is 47.3 Å². The fourth-order valence-electron chi connectivity index (χ4n) is 3.61. The molecule has 0 fully saturated rings.